The number of benzene rings is 3. The number of carbonyl (C=O) groups is 1. The first-order chi connectivity index (χ1) is 14.6. The van der Waals surface area contributed by atoms with E-state index in [4.69, 9.17) is 9.15 Å². The molecule has 6 nitrogen and oxygen atoms in total. The average Bonchev–Trinajstić information content (AvgIpc) is 2.78. The summed E-state index contributed by atoms with van der Waals surface area (Å²) in [6, 6.07) is 21.1. The molecular formula is C24H20N2O4. The van der Waals surface area contributed by atoms with E-state index in [0.29, 0.717) is 40.1 Å². The number of carbonyl (C=O) groups excluding carboxylic acids is 1. The summed E-state index contributed by atoms with van der Waals surface area (Å²) in [5, 5.41) is 3.29. The third kappa shape index (κ3) is 4.22. The maximum absolute atomic E-state index is 12.5. The lowest BCUT2D eigenvalue weighted by Crippen LogP contribution is -2.12. The number of rotatable bonds is 6. The van der Waals surface area contributed by atoms with Crippen molar-refractivity contribution in [2.75, 3.05) is 11.9 Å². The van der Waals surface area contributed by atoms with Crippen molar-refractivity contribution >= 4 is 22.5 Å². The predicted molar refractivity (Wildman–Crippen MR) is 116 cm³/mol. The van der Waals surface area contributed by atoms with Crippen LogP contribution in [0.2, 0.25) is 0 Å². The Morgan fingerprint density at radius 2 is 1.83 bits per heavy atom. The Kier molecular flexibility index (Phi) is 5.57. The molecule has 6 heteroatoms. The molecule has 0 unspecified atom stereocenters. The first-order valence-electron chi connectivity index (χ1n) is 9.68. The standard InChI is InChI=1S/C24H20N2O4/c1-2-14-29-19-7-5-6-17(15-19)22(27)25-18-12-10-16(11-13-18)23-26-21-9-4-3-8-20(21)24(28)30-23/h3-13,15H,2,14H2,1H3,(H,25,27). The lowest BCUT2D eigenvalue weighted by Gasteiger charge is -2.09. The molecule has 0 saturated heterocycles. The fourth-order valence-corrected chi connectivity index (χ4v) is 2.99. The summed E-state index contributed by atoms with van der Waals surface area (Å²) in [7, 11) is 0. The maximum Gasteiger partial charge on any atom is 0.347 e. The van der Waals surface area contributed by atoms with Crippen LogP contribution in [0.15, 0.2) is 82.0 Å². The highest BCUT2D eigenvalue weighted by Crippen LogP contribution is 2.21. The second-order valence-electron chi connectivity index (χ2n) is 6.73. The van der Waals surface area contributed by atoms with Gasteiger partial charge in [0.05, 0.1) is 17.5 Å². The molecule has 150 valence electrons. The minimum Gasteiger partial charge on any atom is -0.494 e. The number of aromatic nitrogens is 1. The lowest BCUT2D eigenvalue weighted by atomic mass is 10.1. The van der Waals surface area contributed by atoms with Gasteiger partial charge in [-0.05, 0) is 61.0 Å². The zero-order valence-corrected chi connectivity index (χ0v) is 16.4. The summed E-state index contributed by atoms with van der Waals surface area (Å²) in [5.41, 5.74) is 1.91. The van der Waals surface area contributed by atoms with Crippen molar-refractivity contribution < 1.29 is 13.9 Å². The van der Waals surface area contributed by atoms with E-state index in [1.54, 1.807) is 60.7 Å². The highest BCUT2D eigenvalue weighted by molar-refractivity contribution is 6.04. The number of hydrogen-bond acceptors (Lipinski definition) is 5. The normalized spacial score (nSPS) is 10.7. The maximum atomic E-state index is 12.5. The number of nitrogens with one attached hydrogen (secondary N) is 1. The van der Waals surface area contributed by atoms with Gasteiger partial charge in [0.2, 0.25) is 5.89 Å². The van der Waals surface area contributed by atoms with Gasteiger partial charge in [-0.1, -0.05) is 25.1 Å². The molecule has 1 amide bonds. The fourth-order valence-electron chi connectivity index (χ4n) is 2.99. The number of hydrogen-bond donors (Lipinski definition) is 1. The summed E-state index contributed by atoms with van der Waals surface area (Å²) >= 11 is 0. The summed E-state index contributed by atoms with van der Waals surface area (Å²) in [6.45, 7) is 2.63. The summed E-state index contributed by atoms with van der Waals surface area (Å²) < 4.78 is 10.9. The zero-order chi connectivity index (χ0) is 20.9. The van der Waals surface area contributed by atoms with Crippen LogP contribution in [0, 0.1) is 0 Å². The Bertz CT molecular complexity index is 1250. The second kappa shape index (κ2) is 8.61. The molecule has 0 aliphatic rings. The van der Waals surface area contributed by atoms with E-state index in [0.717, 1.165) is 6.42 Å². The molecule has 0 atom stereocenters. The highest BCUT2D eigenvalue weighted by Gasteiger charge is 2.10. The van der Waals surface area contributed by atoms with Crippen LogP contribution in [0.3, 0.4) is 0 Å². The van der Waals surface area contributed by atoms with E-state index in [2.05, 4.69) is 10.3 Å². The summed E-state index contributed by atoms with van der Waals surface area (Å²) in [6.07, 6.45) is 0.898. The summed E-state index contributed by atoms with van der Waals surface area (Å²) in [4.78, 5) is 29.1. The minimum atomic E-state index is -0.432. The first-order valence-corrected chi connectivity index (χ1v) is 9.68. The van der Waals surface area contributed by atoms with Crippen molar-refractivity contribution in [3.05, 3.63) is 88.8 Å². The van der Waals surface area contributed by atoms with Gasteiger partial charge in [0, 0.05) is 16.8 Å². The van der Waals surface area contributed by atoms with Crippen molar-refractivity contribution in [1.82, 2.24) is 4.98 Å². The van der Waals surface area contributed by atoms with Gasteiger partial charge in [-0.2, -0.15) is 0 Å². The monoisotopic (exact) mass is 400 g/mol. The Balaban J connectivity index is 1.52. The largest absolute Gasteiger partial charge is 0.494 e. The Hall–Kier alpha value is -3.93. The van der Waals surface area contributed by atoms with Crippen LogP contribution in [0.4, 0.5) is 5.69 Å². The van der Waals surface area contributed by atoms with Crippen molar-refractivity contribution in [3.8, 4) is 17.2 Å². The molecule has 3 aromatic carbocycles. The van der Waals surface area contributed by atoms with Crippen LogP contribution in [-0.2, 0) is 0 Å². The molecule has 30 heavy (non-hydrogen) atoms. The molecule has 4 rings (SSSR count). The van der Waals surface area contributed by atoms with Crippen molar-refractivity contribution in [1.29, 1.82) is 0 Å². The quantitative estimate of drug-likeness (QED) is 0.498. The van der Waals surface area contributed by atoms with E-state index in [1.165, 1.54) is 0 Å². The van der Waals surface area contributed by atoms with Gasteiger partial charge in [-0.15, -0.1) is 0 Å². The number of nitrogens with zero attached hydrogens (tertiary/aromatic N) is 1. The molecule has 0 aliphatic carbocycles. The Labute approximate surface area is 173 Å². The first kappa shape index (κ1) is 19.4. The van der Waals surface area contributed by atoms with Gasteiger partial charge < -0.3 is 14.5 Å². The van der Waals surface area contributed by atoms with Gasteiger partial charge in [0.25, 0.3) is 5.91 Å². The van der Waals surface area contributed by atoms with Crippen LogP contribution in [0.25, 0.3) is 22.4 Å². The molecule has 0 radical (unpaired) electrons. The number of amides is 1. The van der Waals surface area contributed by atoms with E-state index >= 15 is 0 Å². The smallest absolute Gasteiger partial charge is 0.347 e. The Morgan fingerprint density at radius 3 is 2.63 bits per heavy atom. The SMILES string of the molecule is CCCOc1cccc(C(=O)Nc2ccc(-c3nc4ccccc4c(=O)o3)cc2)c1. The molecular weight excluding hydrogens is 380 g/mol. The molecule has 0 aliphatic heterocycles. The van der Waals surface area contributed by atoms with Crippen LogP contribution < -0.4 is 15.7 Å². The molecule has 0 saturated carbocycles. The highest BCUT2D eigenvalue weighted by atomic mass is 16.5. The molecule has 0 fully saturated rings. The third-order valence-corrected chi connectivity index (χ3v) is 4.49. The lowest BCUT2D eigenvalue weighted by molar-refractivity contribution is 0.102. The summed E-state index contributed by atoms with van der Waals surface area (Å²) in [5.74, 6) is 0.662. The van der Waals surface area contributed by atoms with Crippen LogP contribution in [0.1, 0.15) is 23.7 Å². The van der Waals surface area contributed by atoms with Gasteiger partial charge in [0.1, 0.15) is 5.75 Å². The van der Waals surface area contributed by atoms with Crippen molar-refractivity contribution in [3.63, 3.8) is 0 Å². The fraction of sp³-hybridized carbons (Fsp3) is 0.125. The van der Waals surface area contributed by atoms with Crippen LogP contribution >= 0.6 is 0 Å². The van der Waals surface area contributed by atoms with Gasteiger partial charge in [0.15, 0.2) is 0 Å². The minimum absolute atomic E-state index is 0.234. The van der Waals surface area contributed by atoms with E-state index in [9.17, 15) is 9.59 Å². The van der Waals surface area contributed by atoms with Gasteiger partial charge >= 0.3 is 5.63 Å². The number of fused-ring (bicyclic) bond motifs is 1. The zero-order valence-electron chi connectivity index (χ0n) is 16.4. The molecule has 4 aromatic rings. The Morgan fingerprint density at radius 1 is 1.03 bits per heavy atom. The third-order valence-electron chi connectivity index (χ3n) is 4.49. The van der Waals surface area contributed by atoms with E-state index in [1.807, 2.05) is 19.1 Å². The molecule has 0 spiro atoms. The predicted octanol–water partition coefficient (Wildman–Crippen LogP) is 4.90. The molecule has 1 heterocycles. The van der Waals surface area contributed by atoms with Gasteiger partial charge in [-0.25, -0.2) is 9.78 Å². The van der Waals surface area contributed by atoms with Crippen LogP contribution in [-0.4, -0.2) is 17.5 Å². The topological polar surface area (TPSA) is 81.4 Å². The second-order valence-corrected chi connectivity index (χ2v) is 6.73. The van der Waals surface area contributed by atoms with E-state index in [-0.39, 0.29) is 11.8 Å². The van der Waals surface area contributed by atoms with Crippen LogP contribution in [0.5, 0.6) is 5.75 Å². The van der Waals surface area contributed by atoms with Crippen molar-refractivity contribution in [2.24, 2.45) is 0 Å². The number of anilines is 1. The van der Waals surface area contributed by atoms with Crippen molar-refractivity contribution in [2.45, 2.75) is 13.3 Å². The van der Waals surface area contributed by atoms with Gasteiger partial charge in [-0.3, -0.25) is 4.79 Å². The molecule has 1 N–H and O–H groups in total. The molecule has 1 aromatic heterocycles. The number of para-hydroxylation sites is 1. The van der Waals surface area contributed by atoms with E-state index < -0.39 is 5.63 Å². The average molecular weight is 400 g/mol. The molecule has 0 bridgehead atoms. The number of ether oxygens (including phenoxy) is 1.